The van der Waals surface area contributed by atoms with Gasteiger partial charge >= 0.3 is 5.97 Å². The lowest BCUT2D eigenvalue weighted by atomic mass is 10.1. The summed E-state index contributed by atoms with van der Waals surface area (Å²) in [5, 5.41) is 2.95. The van der Waals surface area contributed by atoms with Crippen molar-refractivity contribution in [2.24, 2.45) is 0 Å². The van der Waals surface area contributed by atoms with E-state index in [9.17, 15) is 9.18 Å². The minimum Gasteiger partial charge on any atom is -0.486 e. The summed E-state index contributed by atoms with van der Waals surface area (Å²) in [4.78, 5) is 11.2. The first-order valence-corrected chi connectivity index (χ1v) is 4.51. The van der Waals surface area contributed by atoms with Gasteiger partial charge in [0.1, 0.15) is 6.61 Å². The summed E-state index contributed by atoms with van der Waals surface area (Å²) in [6.45, 7) is 1.01. The number of fused-ring (bicyclic) bond motifs is 1. The van der Waals surface area contributed by atoms with Crippen LogP contribution in [0.5, 0.6) is 5.75 Å². The van der Waals surface area contributed by atoms with E-state index in [1.54, 1.807) is 0 Å². The fourth-order valence-corrected chi connectivity index (χ4v) is 1.45. The number of rotatable bonds is 1. The van der Waals surface area contributed by atoms with Crippen LogP contribution in [0, 0.1) is 5.82 Å². The number of anilines is 1. The minimum absolute atomic E-state index is 0.161. The Kier molecular flexibility index (Phi) is 2.45. The predicted octanol–water partition coefficient (Wildman–Crippen LogP) is 1.42. The standard InChI is InChI=1S/C10H10FNO3/c1-14-10(13)6-4-7(11)9-8(5-6)12-2-3-15-9/h4-5,12H,2-3H2,1H3. The van der Waals surface area contributed by atoms with E-state index < -0.39 is 11.8 Å². The average Bonchev–Trinajstić information content (AvgIpc) is 2.28. The molecule has 1 aliphatic heterocycles. The van der Waals surface area contributed by atoms with Crippen molar-refractivity contribution in [1.29, 1.82) is 0 Å². The quantitative estimate of drug-likeness (QED) is 0.713. The molecule has 1 aliphatic rings. The number of benzene rings is 1. The summed E-state index contributed by atoms with van der Waals surface area (Å²) < 4.78 is 23.1. The SMILES string of the molecule is COC(=O)c1cc(F)c2c(c1)NCCO2. The molecule has 0 amide bonds. The summed E-state index contributed by atoms with van der Waals surface area (Å²) in [7, 11) is 1.25. The molecule has 1 aromatic carbocycles. The molecular weight excluding hydrogens is 201 g/mol. The Morgan fingerprint density at radius 2 is 2.40 bits per heavy atom. The van der Waals surface area contributed by atoms with Crippen LogP contribution in [0.3, 0.4) is 0 Å². The molecule has 1 heterocycles. The Hall–Kier alpha value is -1.78. The highest BCUT2D eigenvalue weighted by Gasteiger charge is 2.18. The smallest absolute Gasteiger partial charge is 0.338 e. The number of carbonyl (C=O) groups excluding carboxylic acids is 1. The molecule has 0 bridgehead atoms. The molecule has 0 unspecified atom stereocenters. The third kappa shape index (κ3) is 1.72. The number of hydrogen-bond acceptors (Lipinski definition) is 4. The Morgan fingerprint density at radius 3 is 3.13 bits per heavy atom. The van der Waals surface area contributed by atoms with Gasteiger partial charge in [-0.2, -0.15) is 0 Å². The first kappa shape index (κ1) is 9.76. The zero-order valence-electron chi connectivity index (χ0n) is 8.17. The van der Waals surface area contributed by atoms with Gasteiger partial charge in [-0.3, -0.25) is 0 Å². The van der Waals surface area contributed by atoms with Crippen molar-refractivity contribution in [3.63, 3.8) is 0 Å². The third-order valence-electron chi connectivity index (χ3n) is 2.13. The first-order valence-electron chi connectivity index (χ1n) is 4.51. The molecule has 0 aromatic heterocycles. The van der Waals surface area contributed by atoms with Crippen LogP contribution in [0.1, 0.15) is 10.4 Å². The Bertz CT molecular complexity index is 406. The lowest BCUT2D eigenvalue weighted by Gasteiger charge is -2.19. The van der Waals surface area contributed by atoms with Gasteiger partial charge in [-0.1, -0.05) is 0 Å². The zero-order valence-corrected chi connectivity index (χ0v) is 8.17. The molecule has 1 N–H and O–H groups in total. The molecular formula is C10H10FNO3. The van der Waals surface area contributed by atoms with E-state index in [1.165, 1.54) is 13.2 Å². The van der Waals surface area contributed by atoms with Crippen LogP contribution >= 0.6 is 0 Å². The van der Waals surface area contributed by atoms with Crippen LogP contribution in [-0.2, 0) is 4.74 Å². The van der Waals surface area contributed by atoms with Crippen LogP contribution < -0.4 is 10.1 Å². The summed E-state index contributed by atoms with van der Waals surface area (Å²) in [6, 6.07) is 2.63. The summed E-state index contributed by atoms with van der Waals surface area (Å²) in [5.74, 6) is -0.960. The Balaban J connectivity index is 2.45. The second kappa shape index (κ2) is 3.76. The Labute approximate surface area is 86.0 Å². The van der Waals surface area contributed by atoms with Crippen LogP contribution in [0.2, 0.25) is 0 Å². The normalized spacial score (nSPS) is 13.5. The van der Waals surface area contributed by atoms with Gasteiger partial charge in [0.2, 0.25) is 0 Å². The maximum Gasteiger partial charge on any atom is 0.338 e. The summed E-state index contributed by atoms with van der Waals surface area (Å²) in [6.07, 6.45) is 0. The van der Waals surface area contributed by atoms with Gasteiger partial charge in [-0.15, -0.1) is 0 Å². The molecule has 0 saturated carbocycles. The molecule has 1 aromatic rings. The van der Waals surface area contributed by atoms with Crippen molar-refractivity contribution >= 4 is 11.7 Å². The number of methoxy groups -OCH3 is 1. The minimum atomic E-state index is -0.566. The van der Waals surface area contributed by atoms with E-state index in [1.807, 2.05) is 0 Å². The second-order valence-corrected chi connectivity index (χ2v) is 3.10. The highest BCUT2D eigenvalue weighted by atomic mass is 19.1. The van der Waals surface area contributed by atoms with Gasteiger partial charge in [-0.05, 0) is 12.1 Å². The van der Waals surface area contributed by atoms with Gasteiger partial charge in [0.05, 0.1) is 18.4 Å². The maximum absolute atomic E-state index is 13.5. The van der Waals surface area contributed by atoms with Crippen molar-refractivity contribution < 1.29 is 18.7 Å². The molecule has 2 rings (SSSR count). The van der Waals surface area contributed by atoms with Gasteiger partial charge in [0.25, 0.3) is 0 Å². The fraction of sp³-hybridized carbons (Fsp3) is 0.300. The lowest BCUT2D eigenvalue weighted by Crippen LogP contribution is -2.19. The fourth-order valence-electron chi connectivity index (χ4n) is 1.45. The van der Waals surface area contributed by atoms with E-state index >= 15 is 0 Å². The monoisotopic (exact) mass is 211 g/mol. The molecule has 80 valence electrons. The van der Waals surface area contributed by atoms with Gasteiger partial charge in [-0.25, -0.2) is 9.18 Å². The highest BCUT2D eigenvalue weighted by molar-refractivity contribution is 5.91. The molecule has 0 fully saturated rings. The van der Waals surface area contributed by atoms with Crippen molar-refractivity contribution in [3.05, 3.63) is 23.5 Å². The van der Waals surface area contributed by atoms with E-state index in [-0.39, 0.29) is 11.3 Å². The van der Waals surface area contributed by atoms with E-state index in [2.05, 4.69) is 10.1 Å². The molecule has 15 heavy (non-hydrogen) atoms. The van der Waals surface area contributed by atoms with Crippen LogP contribution in [0.25, 0.3) is 0 Å². The number of carbonyl (C=O) groups is 1. The van der Waals surface area contributed by atoms with Crippen LogP contribution in [0.4, 0.5) is 10.1 Å². The number of nitrogens with one attached hydrogen (secondary N) is 1. The van der Waals surface area contributed by atoms with Crippen molar-refractivity contribution in [1.82, 2.24) is 0 Å². The third-order valence-corrected chi connectivity index (χ3v) is 2.13. The number of hydrogen-bond donors (Lipinski definition) is 1. The van der Waals surface area contributed by atoms with E-state index in [4.69, 9.17) is 4.74 Å². The van der Waals surface area contributed by atoms with E-state index in [0.29, 0.717) is 18.8 Å². The molecule has 0 saturated heterocycles. The first-order chi connectivity index (χ1) is 7.22. The van der Waals surface area contributed by atoms with Crippen LogP contribution in [-0.4, -0.2) is 26.2 Å². The van der Waals surface area contributed by atoms with E-state index in [0.717, 1.165) is 6.07 Å². The van der Waals surface area contributed by atoms with Crippen molar-refractivity contribution in [2.75, 3.05) is 25.6 Å². The topological polar surface area (TPSA) is 47.6 Å². The Morgan fingerprint density at radius 1 is 1.60 bits per heavy atom. The van der Waals surface area contributed by atoms with Crippen molar-refractivity contribution in [2.45, 2.75) is 0 Å². The molecule has 0 aliphatic carbocycles. The lowest BCUT2D eigenvalue weighted by molar-refractivity contribution is 0.0600. The van der Waals surface area contributed by atoms with Gasteiger partial charge < -0.3 is 14.8 Å². The number of ether oxygens (including phenoxy) is 2. The van der Waals surface area contributed by atoms with Gasteiger partial charge in [0, 0.05) is 6.54 Å². The highest BCUT2D eigenvalue weighted by Crippen LogP contribution is 2.31. The summed E-state index contributed by atoms with van der Waals surface area (Å²) >= 11 is 0. The molecule has 0 atom stereocenters. The summed E-state index contributed by atoms with van der Waals surface area (Å²) in [5.41, 5.74) is 0.661. The molecule has 0 radical (unpaired) electrons. The largest absolute Gasteiger partial charge is 0.486 e. The zero-order chi connectivity index (χ0) is 10.8. The molecule has 4 nitrogen and oxygen atoms in total. The molecule has 5 heteroatoms. The van der Waals surface area contributed by atoms with Gasteiger partial charge in [0.15, 0.2) is 11.6 Å². The van der Waals surface area contributed by atoms with Crippen molar-refractivity contribution in [3.8, 4) is 5.75 Å². The number of esters is 1. The molecule has 0 spiro atoms. The van der Waals surface area contributed by atoms with Crippen LogP contribution in [0.15, 0.2) is 12.1 Å². The maximum atomic E-state index is 13.5. The second-order valence-electron chi connectivity index (χ2n) is 3.10. The predicted molar refractivity (Wildman–Crippen MR) is 51.7 cm³/mol. The number of halogens is 1. The average molecular weight is 211 g/mol.